The summed E-state index contributed by atoms with van der Waals surface area (Å²) in [5.74, 6) is 1.26. The lowest BCUT2D eigenvalue weighted by molar-refractivity contribution is -0.634. The molecule has 28 heavy (non-hydrogen) atoms. The topological polar surface area (TPSA) is 13.2 Å². The van der Waals surface area contributed by atoms with Crippen molar-refractivity contribution >= 4 is 16.6 Å². The van der Waals surface area contributed by atoms with Crippen molar-refractivity contribution in [1.82, 2.24) is 8.97 Å². The molecule has 3 nitrogen and oxygen atoms in total. The van der Waals surface area contributed by atoms with Gasteiger partial charge in [-0.1, -0.05) is 24.3 Å². The monoisotopic (exact) mass is 364 g/mol. The van der Waals surface area contributed by atoms with E-state index in [2.05, 4.69) is 102 Å². The van der Waals surface area contributed by atoms with Crippen molar-refractivity contribution in [3.8, 4) is 22.5 Å². The molecule has 1 aliphatic carbocycles. The molecule has 3 aromatic heterocycles. The summed E-state index contributed by atoms with van der Waals surface area (Å²) in [5.41, 5.74) is 12.1. The lowest BCUT2D eigenvalue weighted by Crippen LogP contribution is -2.30. The first-order valence-corrected chi connectivity index (χ1v) is 9.80. The van der Waals surface area contributed by atoms with Crippen LogP contribution in [0, 0.1) is 6.92 Å². The summed E-state index contributed by atoms with van der Waals surface area (Å²) >= 11 is 0. The summed E-state index contributed by atoms with van der Waals surface area (Å²) in [6, 6.07) is 19.9. The van der Waals surface area contributed by atoms with Crippen molar-refractivity contribution in [2.45, 2.75) is 13.3 Å². The molecule has 0 spiro atoms. The minimum absolute atomic E-state index is 1.01. The van der Waals surface area contributed by atoms with Crippen molar-refractivity contribution in [2.75, 3.05) is 0 Å². The van der Waals surface area contributed by atoms with Gasteiger partial charge in [-0.05, 0) is 60.4 Å². The molecule has 0 saturated carbocycles. The van der Waals surface area contributed by atoms with E-state index in [0.29, 0.717) is 0 Å². The van der Waals surface area contributed by atoms with E-state index in [1.54, 1.807) is 0 Å². The Labute approximate surface area is 164 Å². The first kappa shape index (κ1) is 15.7. The van der Waals surface area contributed by atoms with Gasteiger partial charge < -0.3 is 4.40 Å². The molecule has 0 saturated heterocycles. The number of aromatic nitrogens is 3. The van der Waals surface area contributed by atoms with Crippen molar-refractivity contribution < 1.29 is 4.57 Å². The quantitative estimate of drug-likeness (QED) is 0.372. The maximum Gasteiger partial charge on any atom is 0.290 e. The lowest BCUT2D eigenvalue weighted by atomic mass is 9.95. The number of aryl methyl sites for hydroxylation is 3. The number of para-hydroxylation sites is 2. The number of rotatable bonds is 1. The summed E-state index contributed by atoms with van der Waals surface area (Å²) < 4.78 is 6.91. The predicted molar refractivity (Wildman–Crippen MR) is 113 cm³/mol. The van der Waals surface area contributed by atoms with Gasteiger partial charge in [-0.15, -0.1) is 0 Å². The van der Waals surface area contributed by atoms with E-state index in [1.807, 2.05) is 0 Å². The van der Waals surface area contributed by atoms with Crippen molar-refractivity contribution in [2.24, 2.45) is 14.1 Å². The zero-order valence-corrected chi connectivity index (χ0v) is 16.4. The minimum Gasteiger partial charge on any atom is -0.323 e. The van der Waals surface area contributed by atoms with Gasteiger partial charge in [0.1, 0.15) is 0 Å². The average molecular weight is 364 g/mol. The van der Waals surface area contributed by atoms with Crippen LogP contribution in [0.15, 0.2) is 67.0 Å². The van der Waals surface area contributed by atoms with Crippen LogP contribution in [0.5, 0.6) is 0 Å². The predicted octanol–water partition coefficient (Wildman–Crippen LogP) is 4.80. The number of hydrogen-bond acceptors (Lipinski definition) is 0. The summed E-state index contributed by atoms with van der Waals surface area (Å²) in [4.78, 5) is 0. The Morgan fingerprint density at radius 1 is 0.929 bits per heavy atom. The molecule has 0 fully saturated rings. The molecular weight excluding hydrogens is 342 g/mol. The molecule has 5 aromatic rings. The van der Waals surface area contributed by atoms with Crippen LogP contribution >= 0.6 is 0 Å². The largest absolute Gasteiger partial charge is 0.323 e. The smallest absolute Gasteiger partial charge is 0.290 e. The van der Waals surface area contributed by atoms with Gasteiger partial charge in [0.15, 0.2) is 11.0 Å². The summed E-state index contributed by atoms with van der Waals surface area (Å²) in [5, 5.41) is 0. The van der Waals surface area contributed by atoms with Crippen LogP contribution in [0.25, 0.3) is 39.1 Å². The Hall–Kier alpha value is -3.33. The maximum absolute atomic E-state index is 2.34. The van der Waals surface area contributed by atoms with Gasteiger partial charge in [0, 0.05) is 29.0 Å². The van der Waals surface area contributed by atoms with Crippen molar-refractivity contribution in [3.05, 3.63) is 83.7 Å². The molecule has 0 radical (unpaired) electrons. The number of hydrogen-bond donors (Lipinski definition) is 0. The standard InChI is InChI=1S/C25H22N3/c1-16-10-11-17-13-18-14-19-7-6-12-28(19)15-20(18)24(17)23(16)25-26(2)21-8-4-5-9-22(21)27(25)3/h4-12,14-15H,13H2,1-3H3/q+1. The Kier molecular flexibility index (Phi) is 3.00. The van der Waals surface area contributed by atoms with Crippen LogP contribution in [0.2, 0.25) is 0 Å². The maximum atomic E-state index is 2.34. The van der Waals surface area contributed by atoms with Crippen LogP contribution in [0.1, 0.15) is 16.7 Å². The van der Waals surface area contributed by atoms with Crippen LogP contribution in [-0.2, 0) is 20.5 Å². The normalized spacial score (nSPS) is 12.7. The van der Waals surface area contributed by atoms with Gasteiger partial charge in [0.25, 0.3) is 5.82 Å². The minimum atomic E-state index is 1.01. The highest BCUT2D eigenvalue weighted by Crippen LogP contribution is 2.44. The second-order valence-electron chi connectivity index (χ2n) is 7.95. The first-order chi connectivity index (χ1) is 13.6. The van der Waals surface area contributed by atoms with Gasteiger partial charge >= 0.3 is 0 Å². The molecule has 3 heteroatoms. The van der Waals surface area contributed by atoms with Gasteiger partial charge in [-0.25, -0.2) is 9.13 Å². The third kappa shape index (κ3) is 1.91. The number of imidazole rings is 1. The van der Waals surface area contributed by atoms with E-state index in [-0.39, 0.29) is 0 Å². The average Bonchev–Trinajstić information content (AvgIpc) is 3.36. The molecule has 6 rings (SSSR count). The van der Waals surface area contributed by atoms with E-state index < -0.39 is 0 Å². The molecule has 2 aromatic carbocycles. The molecule has 0 aliphatic heterocycles. The Morgan fingerprint density at radius 3 is 2.64 bits per heavy atom. The van der Waals surface area contributed by atoms with Crippen LogP contribution in [-0.4, -0.2) is 8.97 Å². The zero-order chi connectivity index (χ0) is 19.0. The number of benzene rings is 2. The number of pyridine rings is 1. The van der Waals surface area contributed by atoms with Crippen LogP contribution < -0.4 is 4.57 Å². The van der Waals surface area contributed by atoms with E-state index in [9.17, 15) is 0 Å². The third-order valence-electron chi connectivity index (χ3n) is 6.36. The van der Waals surface area contributed by atoms with Gasteiger partial charge in [0.05, 0.1) is 19.7 Å². The van der Waals surface area contributed by atoms with Crippen LogP contribution in [0.3, 0.4) is 0 Å². The van der Waals surface area contributed by atoms with Crippen molar-refractivity contribution in [3.63, 3.8) is 0 Å². The molecule has 3 heterocycles. The van der Waals surface area contributed by atoms with E-state index >= 15 is 0 Å². The Bertz CT molecular complexity index is 1380. The summed E-state index contributed by atoms with van der Waals surface area (Å²) in [7, 11) is 4.36. The fraction of sp³-hybridized carbons (Fsp3) is 0.160. The van der Waals surface area contributed by atoms with Gasteiger partial charge in [-0.2, -0.15) is 0 Å². The second kappa shape index (κ2) is 5.35. The van der Waals surface area contributed by atoms with E-state index in [1.165, 1.54) is 55.8 Å². The fourth-order valence-corrected chi connectivity index (χ4v) is 5.01. The molecule has 136 valence electrons. The highest BCUT2D eigenvalue weighted by atomic mass is 15.1. The molecule has 0 unspecified atom stereocenters. The Morgan fingerprint density at radius 2 is 1.79 bits per heavy atom. The van der Waals surface area contributed by atoms with Crippen molar-refractivity contribution in [1.29, 1.82) is 0 Å². The first-order valence-electron chi connectivity index (χ1n) is 9.80. The highest BCUT2D eigenvalue weighted by Gasteiger charge is 2.31. The SMILES string of the molecule is Cc1ccc2c(c1-c1n(C)c3ccccc3[n+]1C)-c1cn3cccc3cc1C2. The zero-order valence-electron chi connectivity index (χ0n) is 16.4. The second-order valence-corrected chi connectivity index (χ2v) is 7.95. The molecular formula is C25H22N3+. The van der Waals surface area contributed by atoms with Crippen LogP contribution in [0.4, 0.5) is 0 Å². The summed E-state index contributed by atoms with van der Waals surface area (Å²) in [6.45, 7) is 2.24. The third-order valence-corrected chi connectivity index (χ3v) is 6.36. The summed E-state index contributed by atoms with van der Waals surface area (Å²) in [6.07, 6.45) is 5.45. The number of nitrogens with zero attached hydrogens (tertiary/aromatic N) is 3. The fourth-order valence-electron chi connectivity index (χ4n) is 5.01. The highest BCUT2D eigenvalue weighted by molar-refractivity contribution is 5.91. The molecule has 0 bridgehead atoms. The molecule has 0 N–H and O–H groups in total. The Balaban J connectivity index is 1.73. The number of fused-ring (bicyclic) bond motifs is 5. The van der Waals surface area contributed by atoms with E-state index in [4.69, 9.17) is 0 Å². The molecule has 1 aliphatic rings. The molecule has 0 atom stereocenters. The molecule has 0 amide bonds. The van der Waals surface area contributed by atoms with Gasteiger partial charge in [-0.3, -0.25) is 0 Å². The van der Waals surface area contributed by atoms with Gasteiger partial charge in [0.2, 0.25) is 0 Å². The lowest BCUT2D eigenvalue weighted by Gasteiger charge is -2.12. The van der Waals surface area contributed by atoms with E-state index in [0.717, 1.165) is 6.42 Å².